The third-order valence-electron chi connectivity index (χ3n) is 1.88. The van der Waals surface area contributed by atoms with Crippen LogP contribution in [-0.4, -0.2) is 24.8 Å². The van der Waals surface area contributed by atoms with Crippen molar-refractivity contribution in [3.63, 3.8) is 0 Å². The molecule has 0 aliphatic carbocycles. The van der Waals surface area contributed by atoms with Crippen LogP contribution >= 0.6 is 0 Å². The smallest absolute Gasteiger partial charge is 0.335 e. The van der Waals surface area contributed by atoms with Gasteiger partial charge in [0.15, 0.2) is 0 Å². The van der Waals surface area contributed by atoms with Gasteiger partial charge in [-0.25, -0.2) is 4.79 Å². The third-order valence-corrected chi connectivity index (χ3v) is 1.88. The van der Waals surface area contributed by atoms with E-state index in [1.807, 2.05) is 0 Å². The van der Waals surface area contributed by atoms with Gasteiger partial charge in [-0.2, -0.15) is 8.78 Å². The number of hydrogen-bond donors (Lipinski definition) is 1. The van der Waals surface area contributed by atoms with E-state index in [0.29, 0.717) is 0 Å². The highest BCUT2D eigenvalue weighted by Crippen LogP contribution is 2.28. The zero-order valence-corrected chi connectivity index (χ0v) is 8.04. The number of alkyl halides is 2. The van der Waals surface area contributed by atoms with E-state index < -0.39 is 18.5 Å². The summed E-state index contributed by atoms with van der Waals surface area (Å²) in [4.78, 5) is 10.5. The second-order valence-electron chi connectivity index (χ2n) is 3.02. The number of ether oxygens (including phenoxy) is 1. The Morgan fingerprint density at radius 1 is 1.40 bits per heavy atom. The minimum Gasteiger partial charge on any atom is -0.478 e. The van der Waals surface area contributed by atoms with Gasteiger partial charge in [0.2, 0.25) is 0 Å². The number of carboxylic acids is 1. The van der Waals surface area contributed by atoms with Crippen LogP contribution in [0.3, 0.4) is 0 Å². The monoisotopic (exact) mass is 216 g/mol. The van der Waals surface area contributed by atoms with Gasteiger partial charge in [0.25, 0.3) is 5.92 Å². The number of carboxylic acid groups (broad SMARTS) is 1. The predicted molar refractivity (Wildman–Crippen MR) is 49.2 cm³/mol. The number of halogens is 2. The Kier molecular flexibility index (Phi) is 3.36. The molecule has 0 atom stereocenters. The highest BCUT2D eigenvalue weighted by molar-refractivity contribution is 5.87. The Hall–Kier alpha value is -1.49. The lowest BCUT2D eigenvalue weighted by Crippen LogP contribution is -2.20. The van der Waals surface area contributed by atoms with Crippen molar-refractivity contribution in [2.24, 2.45) is 0 Å². The Labute approximate surface area is 85.3 Å². The SMILES string of the molecule is COCC(F)(F)c1ccc(C(=O)O)cc1. The maximum atomic E-state index is 13.2. The van der Waals surface area contributed by atoms with Gasteiger partial charge in [0, 0.05) is 12.7 Å². The van der Waals surface area contributed by atoms with Gasteiger partial charge in [-0.3, -0.25) is 0 Å². The lowest BCUT2D eigenvalue weighted by atomic mass is 10.1. The predicted octanol–water partition coefficient (Wildman–Crippen LogP) is 2.12. The van der Waals surface area contributed by atoms with Gasteiger partial charge >= 0.3 is 5.97 Å². The van der Waals surface area contributed by atoms with Gasteiger partial charge in [0.1, 0.15) is 6.61 Å². The van der Waals surface area contributed by atoms with Crippen molar-refractivity contribution >= 4 is 5.97 Å². The number of benzene rings is 1. The molecule has 0 saturated heterocycles. The molecule has 0 fully saturated rings. The van der Waals surface area contributed by atoms with Crippen molar-refractivity contribution in [1.29, 1.82) is 0 Å². The standard InChI is InChI=1S/C10H10F2O3/c1-15-6-10(11,12)8-4-2-7(3-5-8)9(13)14/h2-5H,6H2,1H3,(H,13,14). The zero-order valence-electron chi connectivity index (χ0n) is 8.04. The Morgan fingerprint density at radius 2 is 1.93 bits per heavy atom. The van der Waals surface area contributed by atoms with Crippen molar-refractivity contribution in [2.45, 2.75) is 5.92 Å². The molecule has 3 nitrogen and oxygen atoms in total. The Bertz CT molecular complexity index is 346. The van der Waals surface area contributed by atoms with E-state index in [9.17, 15) is 13.6 Å². The highest BCUT2D eigenvalue weighted by Gasteiger charge is 2.31. The molecule has 82 valence electrons. The molecule has 0 aromatic heterocycles. The van der Waals surface area contributed by atoms with Crippen LogP contribution in [0, 0.1) is 0 Å². The molecule has 0 bridgehead atoms. The number of methoxy groups -OCH3 is 1. The summed E-state index contributed by atoms with van der Waals surface area (Å²) in [5, 5.41) is 8.57. The molecule has 0 aliphatic rings. The van der Waals surface area contributed by atoms with Gasteiger partial charge in [0.05, 0.1) is 5.56 Å². The molecule has 0 heterocycles. The summed E-state index contributed by atoms with van der Waals surface area (Å²) in [5.41, 5.74) is -0.277. The van der Waals surface area contributed by atoms with Crippen molar-refractivity contribution < 1.29 is 23.4 Å². The quantitative estimate of drug-likeness (QED) is 0.838. The molecule has 15 heavy (non-hydrogen) atoms. The maximum Gasteiger partial charge on any atom is 0.335 e. The Balaban J connectivity index is 2.93. The minimum atomic E-state index is -3.09. The average Bonchev–Trinajstić information content (AvgIpc) is 2.18. The van der Waals surface area contributed by atoms with E-state index >= 15 is 0 Å². The topological polar surface area (TPSA) is 46.5 Å². The van der Waals surface area contributed by atoms with Crippen LogP contribution in [-0.2, 0) is 10.7 Å². The first kappa shape index (κ1) is 11.6. The first-order chi connectivity index (χ1) is 6.97. The molecule has 0 aliphatic heterocycles. The van der Waals surface area contributed by atoms with Crippen molar-refractivity contribution in [3.05, 3.63) is 35.4 Å². The summed E-state index contributed by atoms with van der Waals surface area (Å²) >= 11 is 0. The van der Waals surface area contributed by atoms with E-state index in [1.165, 1.54) is 7.11 Å². The molecular formula is C10H10F2O3. The van der Waals surface area contributed by atoms with E-state index in [1.54, 1.807) is 0 Å². The van der Waals surface area contributed by atoms with Gasteiger partial charge in [-0.15, -0.1) is 0 Å². The van der Waals surface area contributed by atoms with Crippen molar-refractivity contribution in [1.82, 2.24) is 0 Å². The molecule has 0 radical (unpaired) electrons. The first-order valence-corrected chi connectivity index (χ1v) is 4.18. The summed E-state index contributed by atoms with van der Waals surface area (Å²) < 4.78 is 30.8. The summed E-state index contributed by atoms with van der Waals surface area (Å²) in [6.45, 7) is -0.723. The number of carbonyl (C=O) groups is 1. The van der Waals surface area contributed by atoms with E-state index in [4.69, 9.17) is 5.11 Å². The molecule has 1 aromatic carbocycles. The molecule has 1 rings (SSSR count). The van der Waals surface area contributed by atoms with Crippen LogP contribution in [0.1, 0.15) is 15.9 Å². The van der Waals surface area contributed by atoms with E-state index in [2.05, 4.69) is 4.74 Å². The number of hydrogen-bond acceptors (Lipinski definition) is 2. The minimum absolute atomic E-state index is 0.0213. The molecular weight excluding hydrogens is 206 g/mol. The van der Waals surface area contributed by atoms with Crippen LogP contribution in [0.2, 0.25) is 0 Å². The normalized spacial score (nSPS) is 11.4. The molecule has 1 N–H and O–H groups in total. The molecule has 1 aromatic rings. The van der Waals surface area contributed by atoms with Crippen LogP contribution < -0.4 is 0 Å². The molecule has 0 amide bonds. The van der Waals surface area contributed by atoms with Gasteiger partial charge < -0.3 is 9.84 Å². The van der Waals surface area contributed by atoms with E-state index in [0.717, 1.165) is 24.3 Å². The lowest BCUT2D eigenvalue weighted by molar-refractivity contribution is -0.0698. The summed E-state index contributed by atoms with van der Waals surface area (Å²) in [5.74, 6) is -4.23. The second kappa shape index (κ2) is 4.35. The molecule has 0 unspecified atom stereocenters. The van der Waals surface area contributed by atoms with Crippen molar-refractivity contribution in [2.75, 3.05) is 13.7 Å². The highest BCUT2D eigenvalue weighted by atomic mass is 19.3. The van der Waals surface area contributed by atoms with Crippen LogP contribution in [0.15, 0.2) is 24.3 Å². The second-order valence-corrected chi connectivity index (χ2v) is 3.02. The summed E-state index contributed by atoms with van der Waals surface area (Å²) in [7, 11) is 1.18. The molecule has 0 saturated carbocycles. The van der Waals surface area contributed by atoms with Crippen molar-refractivity contribution in [3.8, 4) is 0 Å². The van der Waals surface area contributed by atoms with E-state index in [-0.39, 0.29) is 11.1 Å². The fourth-order valence-electron chi connectivity index (χ4n) is 1.12. The first-order valence-electron chi connectivity index (χ1n) is 4.18. The van der Waals surface area contributed by atoms with Gasteiger partial charge in [-0.1, -0.05) is 12.1 Å². The van der Waals surface area contributed by atoms with Crippen LogP contribution in [0.25, 0.3) is 0 Å². The number of aromatic carboxylic acids is 1. The van der Waals surface area contributed by atoms with Gasteiger partial charge in [-0.05, 0) is 12.1 Å². The lowest BCUT2D eigenvalue weighted by Gasteiger charge is -2.15. The van der Waals surface area contributed by atoms with Crippen LogP contribution in [0.5, 0.6) is 0 Å². The largest absolute Gasteiger partial charge is 0.478 e. The zero-order chi connectivity index (χ0) is 11.5. The Morgan fingerprint density at radius 3 is 2.33 bits per heavy atom. The fourth-order valence-corrected chi connectivity index (χ4v) is 1.12. The molecule has 0 spiro atoms. The van der Waals surface area contributed by atoms with Crippen LogP contribution in [0.4, 0.5) is 8.78 Å². The average molecular weight is 216 g/mol. The number of rotatable bonds is 4. The fraction of sp³-hybridized carbons (Fsp3) is 0.300. The summed E-state index contributed by atoms with van der Waals surface area (Å²) in [6, 6.07) is 4.45. The maximum absolute atomic E-state index is 13.2. The summed E-state index contributed by atoms with van der Waals surface area (Å²) in [6.07, 6.45) is 0. The third kappa shape index (κ3) is 2.73. The molecule has 5 heteroatoms.